The van der Waals surface area contributed by atoms with E-state index in [1.54, 1.807) is 24.3 Å². The van der Waals surface area contributed by atoms with Gasteiger partial charge in [-0.25, -0.2) is 8.42 Å². The van der Waals surface area contributed by atoms with E-state index in [1.165, 1.54) is 6.92 Å². The molecule has 0 unspecified atom stereocenters. The number of anilines is 1. The van der Waals surface area contributed by atoms with Crippen molar-refractivity contribution >= 4 is 21.7 Å². The van der Waals surface area contributed by atoms with E-state index in [-0.39, 0.29) is 12.2 Å². The first-order chi connectivity index (χ1) is 7.44. The van der Waals surface area contributed by atoms with Crippen LogP contribution in [-0.2, 0) is 21.2 Å². The molecule has 0 amide bonds. The highest BCUT2D eigenvalue weighted by molar-refractivity contribution is 7.92. The van der Waals surface area contributed by atoms with Crippen molar-refractivity contribution in [2.45, 2.75) is 13.3 Å². The van der Waals surface area contributed by atoms with Crippen LogP contribution in [0, 0.1) is 0 Å². The van der Waals surface area contributed by atoms with Gasteiger partial charge in [0.1, 0.15) is 0 Å². The molecule has 16 heavy (non-hydrogen) atoms. The van der Waals surface area contributed by atoms with Crippen LogP contribution in [0.3, 0.4) is 0 Å². The molecular formula is C10H13NO4S. The summed E-state index contributed by atoms with van der Waals surface area (Å²) in [5.41, 5.74) is 0.777. The molecule has 6 heteroatoms. The Morgan fingerprint density at radius 3 is 2.56 bits per heavy atom. The molecule has 0 saturated heterocycles. The van der Waals surface area contributed by atoms with Crippen LogP contribution < -0.4 is 4.72 Å². The second-order valence-corrected chi connectivity index (χ2v) is 5.24. The standard InChI is InChI=1S/C10H13NO4S/c1-2-16(14,15)11-9-6-4-3-5-8(9)7-10(12)13/h3-6,11H,2,7H2,1H3,(H,12,13). The van der Waals surface area contributed by atoms with Gasteiger partial charge in [-0.05, 0) is 18.6 Å². The summed E-state index contributed by atoms with van der Waals surface area (Å²) in [5.74, 6) is -1.04. The summed E-state index contributed by atoms with van der Waals surface area (Å²) in [6, 6.07) is 6.45. The van der Waals surface area contributed by atoms with Crippen LogP contribution in [0.15, 0.2) is 24.3 Å². The zero-order valence-corrected chi connectivity index (χ0v) is 9.62. The Morgan fingerprint density at radius 1 is 1.38 bits per heavy atom. The molecule has 0 saturated carbocycles. The van der Waals surface area contributed by atoms with E-state index in [0.29, 0.717) is 11.3 Å². The zero-order valence-electron chi connectivity index (χ0n) is 8.80. The van der Waals surface area contributed by atoms with Crippen molar-refractivity contribution in [2.24, 2.45) is 0 Å². The lowest BCUT2D eigenvalue weighted by Gasteiger charge is -2.09. The van der Waals surface area contributed by atoms with Crippen LogP contribution in [0.2, 0.25) is 0 Å². The molecule has 0 atom stereocenters. The molecule has 0 heterocycles. The van der Waals surface area contributed by atoms with E-state index < -0.39 is 16.0 Å². The summed E-state index contributed by atoms with van der Waals surface area (Å²) in [6.45, 7) is 1.52. The molecule has 0 aliphatic rings. The number of hydrogen-bond donors (Lipinski definition) is 2. The van der Waals surface area contributed by atoms with Gasteiger partial charge in [0.05, 0.1) is 17.9 Å². The predicted octanol–water partition coefficient (Wildman–Crippen LogP) is 1.08. The fourth-order valence-electron chi connectivity index (χ4n) is 1.18. The molecule has 0 aliphatic carbocycles. The van der Waals surface area contributed by atoms with E-state index >= 15 is 0 Å². The van der Waals surface area contributed by atoms with Gasteiger partial charge in [0.25, 0.3) is 0 Å². The third kappa shape index (κ3) is 3.54. The van der Waals surface area contributed by atoms with Gasteiger partial charge in [0.15, 0.2) is 0 Å². The molecule has 0 bridgehead atoms. The Kier molecular flexibility index (Phi) is 3.89. The van der Waals surface area contributed by atoms with Crippen LogP contribution >= 0.6 is 0 Å². The van der Waals surface area contributed by atoms with Crippen LogP contribution in [0.1, 0.15) is 12.5 Å². The molecule has 0 radical (unpaired) electrons. The molecule has 88 valence electrons. The first-order valence-corrected chi connectivity index (χ1v) is 6.40. The summed E-state index contributed by atoms with van der Waals surface area (Å²) in [6.07, 6.45) is -0.206. The van der Waals surface area contributed by atoms with Gasteiger partial charge < -0.3 is 5.11 Å². The van der Waals surface area contributed by atoms with Crippen molar-refractivity contribution < 1.29 is 18.3 Å². The maximum absolute atomic E-state index is 11.3. The second kappa shape index (κ2) is 4.98. The predicted molar refractivity (Wildman–Crippen MR) is 60.9 cm³/mol. The van der Waals surface area contributed by atoms with Crippen molar-refractivity contribution in [3.8, 4) is 0 Å². The molecule has 1 aromatic carbocycles. The number of carbonyl (C=O) groups is 1. The van der Waals surface area contributed by atoms with Crippen LogP contribution in [0.5, 0.6) is 0 Å². The summed E-state index contributed by atoms with van der Waals surface area (Å²) < 4.78 is 25.0. The zero-order chi connectivity index (χ0) is 12.2. The summed E-state index contributed by atoms with van der Waals surface area (Å²) in [4.78, 5) is 10.6. The third-order valence-electron chi connectivity index (χ3n) is 2.00. The van der Waals surface area contributed by atoms with E-state index in [4.69, 9.17) is 5.11 Å². The molecule has 5 nitrogen and oxygen atoms in total. The minimum Gasteiger partial charge on any atom is -0.481 e. The van der Waals surface area contributed by atoms with Crippen molar-refractivity contribution in [2.75, 3.05) is 10.5 Å². The lowest BCUT2D eigenvalue weighted by Crippen LogP contribution is -2.16. The second-order valence-electron chi connectivity index (χ2n) is 3.23. The molecule has 0 spiro atoms. The van der Waals surface area contributed by atoms with Crippen LogP contribution in [0.25, 0.3) is 0 Å². The minimum absolute atomic E-state index is 0.0472. The van der Waals surface area contributed by atoms with Crippen LogP contribution in [0.4, 0.5) is 5.69 Å². The normalized spacial score (nSPS) is 11.1. The van der Waals surface area contributed by atoms with Gasteiger partial charge in [-0.3, -0.25) is 9.52 Å². The quantitative estimate of drug-likeness (QED) is 0.810. The molecule has 0 aromatic heterocycles. The fourth-order valence-corrected chi connectivity index (χ4v) is 1.86. The Hall–Kier alpha value is -1.56. The van der Waals surface area contributed by atoms with Crippen molar-refractivity contribution in [1.29, 1.82) is 0 Å². The highest BCUT2D eigenvalue weighted by Gasteiger charge is 2.11. The molecule has 0 fully saturated rings. The molecular weight excluding hydrogens is 230 g/mol. The summed E-state index contributed by atoms with van der Waals surface area (Å²) in [7, 11) is -3.37. The Balaban J connectivity index is 3.00. The monoisotopic (exact) mass is 243 g/mol. The SMILES string of the molecule is CCS(=O)(=O)Nc1ccccc1CC(=O)O. The first kappa shape index (κ1) is 12.5. The van der Waals surface area contributed by atoms with E-state index in [0.717, 1.165) is 0 Å². The molecule has 2 N–H and O–H groups in total. The number of para-hydroxylation sites is 1. The summed E-state index contributed by atoms with van der Waals surface area (Å²) in [5, 5.41) is 8.67. The average molecular weight is 243 g/mol. The highest BCUT2D eigenvalue weighted by atomic mass is 32.2. The average Bonchev–Trinajstić information content (AvgIpc) is 2.20. The molecule has 1 aromatic rings. The van der Waals surface area contributed by atoms with Gasteiger partial charge in [-0.1, -0.05) is 18.2 Å². The number of carboxylic acid groups (broad SMARTS) is 1. The Bertz CT molecular complexity index is 481. The van der Waals surface area contributed by atoms with Crippen molar-refractivity contribution in [3.05, 3.63) is 29.8 Å². The number of aliphatic carboxylic acids is 1. The first-order valence-electron chi connectivity index (χ1n) is 4.75. The Morgan fingerprint density at radius 2 is 2.00 bits per heavy atom. The lowest BCUT2D eigenvalue weighted by atomic mass is 10.1. The molecule has 1 rings (SSSR count). The molecule has 0 aliphatic heterocycles. The van der Waals surface area contributed by atoms with Gasteiger partial charge in [-0.2, -0.15) is 0 Å². The largest absolute Gasteiger partial charge is 0.481 e. The number of nitrogens with one attached hydrogen (secondary N) is 1. The lowest BCUT2D eigenvalue weighted by molar-refractivity contribution is -0.136. The number of hydrogen-bond acceptors (Lipinski definition) is 3. The Labute approximate surface area is 94.2 Å². The third-order valence-corrected chi connectivity index (χ3v) is 3.30. The maximum Gasteiger partial charge on any atom is 0.307 e. The number of carboxylic acids is 1. The number of rotatable bonds is 5. The van der Waals surface area contributed by atoms with Gasteiger partial charge in [0, 0.05) is 0 Å². The van der Waals surface area contributed by atoms with Crippen molar-refractivity contribution in [3.63, 3.8) is 0 Å². The number of sulfonamides is 1. The maximum atomic E-state index is 11.3. The van der Waals surface area contributed by atoms with E-state index in [9.17, 15) is 13.2 Å². The number of benzene rings is 1. The fraction of sp³-hybridized carbons (Fsp3) is 0.300. The van der Waals surface area contributed by atoms with Gasteiger partial charge >= 0.3 is 5.97 Å². The summed E-state index contributed by atoms with van der Waals surface area (Å²) >= 11 is 0. The topological polar surface area (TPSA) is 83.5 Å². The van der Waals surface area contributed by atoms with Gasteiger partial charge in [0.2, 0.25) is 10.0 Å². The van der Waals surface area contributed by atoms with Crippen molar-refractivity contribution in [1.82, 2.24) is 0 Å². The van der Waals surface area contributed by atoms with E-state index in [2.05, 4.69) is 4.72 Å². The van der Waals surface area contributed by atoms with Crippen LogP contribution in [-0.4, -0.2) is 25.2 Å². The highest BCUT2D eigenvalue weighted by Crippen LogP contribution is 2.17. The minimum atomic E-state index is -3.37. The van der Waals surface area contributed by atoms with E-state index in [1.807, 2.05) is 0 Å². The van der Waals surface area contributed by atoms with Gasteiger partial charge in [-0.15, -0.1) is 0 Å². The smallest absolute Gasteiger partial charge is 0.307 e.